The summed E-state index contributed by atoms with van der Waals surface area (Å²) in [6.07, 6.45) is 0. The highest BCUT2D eigenvalue weighted by molar-refractivity contribution is 6.31. The van der Waals surface area contributed by atoms with E-state index in [1.807, 2.05) is 31.2 Å². The van der Waals surface area contributed by atoms with Crippen LogP contribution in [0, 0.1) is 11.3 Å². The molecule has 0 radical (unpaired) electrons. The number of methoxy groups -OCH3 is 1. The second kappa shape index (κ2) is 8.80. The van der Waals surface area contributed by atoms with Crippen LogP contribution in [-0.4, -0.2) is 24.8 Å². The van der Waals surface area contributed by atoms with Crippen molar-refractivity contribution in [3.05, 3.63) is 124 Å². The van der Waals surface area contributed by atoms with Gasteiger partial charge in [0.2, 0.25) is 11.8 Å². The molecule has 0 spiro atoms. The van der Waals surface area contributed by atoms with Crippen molar-refractivity contribution in [2.75, 3.05) is 17.3 Å². The lowest BCUT2D eigenvalue weighted by Gasteiger charge is -2.51. The van der Waals surface area contributed by atoms with Crippen molar-refractivity contribution in [1.29, 1.82) is 0 Å². The van der Waals surface area contributed by atoms with E-state index >= 15 is 0 Å². The quantitative estimate of drug-likeness (QED) is 0.300. The number of nitrogens with zero attached hydrogens (tertiary/aromatic N) is 1. The summed E-state index contributed by atoms with van der Waals surface area (Å²) in [7, 11) is 1.51. The van der Waals surface area contributed by atoms with Gasteiger partial charge in [-0.15, -0.1) is 0 Å². The van der Waals surface area contributed by atoms with Gasteiger partial charge in [0, 0.05) is 22.4 Å². The van der Waals surface area contributed by atoms with E-state index in [-0.39, 0.29) is 29.6 Å². The molecule has 198 valence electrons. The number of hydrogen-bond donors (Lipinski definition) is 1. The van der Waals surface area contributed by atoms with Crippen LogP contribution in [0.1, 0.15) is 51.4 Å². The lowest BCUT2D eigenvalue weighted by atomic mass is 9.48. The van der Waals surface area contributed by atoms with Crippen LogP contribution in [0.25, 0.3) is 0 Å². The zero-order valence-corrected chi connectivity index (χ0v) is 22.6. The zero-order valence-electron chi connectivity index (χ0n) is 21.9. The topological polar surface area (TPSA) is 75.7 Å². The normalized spacial score (nSPS) is 23.9. The van der Waals surface area contributed by atoms with Gasteiger partial charge in [-0.05, 0) is 71.6 Å². The van der Waals surface area contributed by atoms with Gasteiger partial charge in [-0.25, -0.2) is 4.90 Å². The predicted molar refractivity (Wildman–Crippen MR) is 153 cm³/mol. The molecule has 4 aromatic carbocycles. The second-order valence-electron chi connectivity index (χ2n) is 10.8. The lowest BCUT2D eigenvalue weighted by Crippen LogP contribution is -2.49. The van der Waals surface area contributed by atoms with Crippen LogP contribution in [0.4, 0.5) is 11.4 Å². The minimum atomic E-state index is -0.913. The molecule has 1 N–H and O–H groups in total. The zero-order chi connectivity index (χ0) is 27.8. The third-order valence-electron chi connectivity index (χ3n) is 8.81. The fourth-order valence-corrected chi connectivity index (χ4v) is 7.27. The van der Waals surface area contributed by atoms with Gasteiger partial charge in [0.1, 0.15) is 5.75 Å². The van der Waals surface area contributed by atoms with Crippen LogP contribution in [0.2, 0.25) is 5.02 Å². The summed E-state index contributed by atoms with van der Waals surface area (Å²) in [6.45, 7) is 1.95. The molecule has 8 rings (SSSR count). The summed E-state index contributed by atoms with van der Waals surface area (Å²) in [4.78, 5) is 42.7. The Morgan fingerprint density at radius 1 is 0.875 bits per heavy atom. The Bertz CT molecular complexity index is 1690. The standard InChI is InChI=1S/C33H25ClN2O4/c1-33-28-23-9-5-3-7-21(23)27(22-8-4-6-10-24(22)28)29(33)31(38)36(32(33)39)20-14-11-18(12-15-20)30(37)35-25-17-19(34)13-16-26(25)40-2/h3-17,27-29H,1-2H3,(H,35,37)/t27?,28?,29-,33+/m1/s1. The SMILES string of the molecule is COc1ccc(Cl)cc1NC(=O)c1ccc(N2C(=O)[C@H]3C4c5ccccc5C(c5ccccc54)[C@]3(C)C2=O)cc1. The van der Waals surface area contributed by atoms with Gasteiger partial charge < -0.3 is 10.1 Å². The van der Waals surface area contributed by atoms with Crippen molar-refractivity contribution in [2.45, 2.75) is 18.8 Å². The van der Waals surface area contributed by atoms with Gasteiger partial charge in [-0.1, -0.05) is 60.1 Å². The van der Waals surface area contributed by atoms with E-state index in [0.29, 0.717) is 27.7 Å². The molecule has 0 unspecified atom stereocenters. The minimum Gasteiger partial charge on any atom is -0.495 e. The Morgan fingerprint density at radius 3 is 2.08 bits per heavy atom. The van der Waals surface area contributed by atoms with E-state index in [0.717, 1.165) is 22.3 Å². The summed E-state index contributed by atoms with van der Waals surface area (Å²) in [5.74, 6) is -1.20. The Balaban J connectivity index is 1.23. The highest BCUT2D eigenvalue weighted by Crippen LogP contribution is 2.67. The molecular formula is C33H25ClN2O4. The molecule has 1 aliphatic heterocycles. The molecule has 1 heterocycles. The molecule has 1 fully saturated rings. The maximum absolute atomic E-state index is 14.2. The van der Waals surface area contributed by atoms with Gasteiger partial charge in [-0.2, -0.15) is 0 Å². The van der Waals surface area contributed by atoms with Gasteiger partial charge >= 0.3 is 0 Å². The van der Waals surface area contributed by atoms with Crippen molar-refractivity contribution in [1.82, 2.24) is 0 Å². The highest BCUT2D eigenvalue weighted by atomic mass is 35.5. The molecule has 0 saturated carbocycles. The third kappa shape index (κ3) is 3.26. The van der Waals surface area contributed by atoms with E-state index in [1.165, 1.54) is 12.0 Å². The van der Waals surface area contributed by atoms with Gasteiger partial charge in [0.15, 0.2) is 0 Å². The molecule has 3 aliphatic carbocycles. The van der Waals surface area contributed by atoms with Crippen molar-refractivity contribution in [3.63, 3.8) is 0 Å². The molecule has 1 saturated heterocycles. The Morgan fingerprint density at radius 2 is 1.48 bits per heavy atom. The van der Waals surface area contributed by atoms with Gasteiger partial charge in [0.25, 0.3) is 5.91 Å². The number of imide groups is 1. The Labute approximate surface area is 236 Å². The number of carbonyl (C=O) groups is 3. The number of hydrogen-bond acceptors (Lipinski definition) is 4. The number of amides is 3. The number of benzene rings is 4. The number of anilines is 2. The van der Waals surface area contributed by atoms with E-state index in [4.69, 9.17) is 16.3 Å². The maximum atomic E-state index is 14.2. The third-order valence-corrected chi connectivity index (χ3v) is 9.05. The van der Waals surface area contributed by atoms with Crippen LogP contribution in [0.3, 0.4) is 0 Å². The van der Waals surface area contributed by atoms with E-state index < -0.39 is 11.3 Å². The fourth-order valence-electron chi connectivity index (χ4n) is 7.09. The molecule has 4 aliphatic rings. The summed E-state index contributed by atoms with van der Waals surface area (Å²) >= 11 is 6.10. The monoisotopic (exact) mass is 548 g/mol. The fraction of sp³-hybridized carbons (Fsp3) is 0.182. The lowest BCUT2D eigenvalue weighted by molar-refractivity contribution is -0.128. The predicted octanol–water partition coefficient (Wildman–Crippen LogP) is 6.39. The summed E-state index contributed by atoms with van der Waals surface area (Å²) in [5.41, 5.74) is 4.85. The van der Waals surface area contributed by atoms with Crippen LogP contribution in [0.15, 0.2) is 91.0 Å². The number of halogens is 1. The molecular weight excluding hydrogens is 524 g/mol. The first-order valence-electron chi connectivity index (χ1n) is 13.2. The van der Waals surface area contributed by atoms with Crippen LogP contribution in [0.5, 0.6) is 5.75 Å². The first kappa shape index (κ1) is 24.6. The second-order valence-corrected chi connectivity index (χ2v) is 11.2. The number of rotatable bonds is 4. The van der Waals surface area contributed by atoms with Crippen LogP contribution in [-0.2, 0) is 9.59 Å². The molecule has 2 atom stereocenters. The van der Waals surface area contributed by atoms with Gasteiger partial charge in [0.05, 0.1) is 29.8 Å². The van der Waals surface area contributed by atoms with Crippen molar-refractivity contribution >= 4 is 40.7 Å². The van der Waals surface area contributed by atoms with E-state index in [9.17, 15) is 14.4 Å². The van der Waals surface area contributed by atoms with Crippen molar-refractivity contribution in [3.8, 4) is 5.75 Å². The van der Waals surface area contributed by atoms with Gasteiger partial charge in [-0.3, -0.25) is 14.4 Å². The summed E-state index contributed by atoms with van der Waals surface area (Å²) in [5, 5.41) is 3.28. The average molecular weight is 549 g/mol. The number of nitrogens with one attached hydrogen (secondary N) is 1. The molecule has 6 nitrogen and oxygen atoms in total. The highest BCUT2D eigenvalue weighted by Gasteiger charge is 2.68. The Kier molecular flexibility index (Phi) is 5.41. The minimum absolute atomic E-state index is 0.193. The summed E-state index contributed by atoms with van der Waals surface area (Å²) < 4.78 is 5.32. The first-order valence-corrected chi connectivity index (χ1v) is 13.5. The molecule has 7 heteroatoms. The Hall–Kier alpha value is -4.42. The molecule has 0 aromatic heterocycles. The molecule has 4 aromatic rings. The smallest absolute Gasteiger partial charge is 0.255 e. The van der Waals surface area contributed by atoms with Crippen molar-refractivity contribution < 1.29 is 19.1 Å². The number of carbonyl (C=O) groups excluding carboxylic acids is 3. The van der Waals surface area contributed by atoms with Crippen molar-refractivity contribution in [2.24, 2.45) is 11.3 Å². The van der Waals surface area contributed by atoms with E-state index in [2.05, 4.69) is 29.6 Å². The first-order chi connectivity index (χ1) is 19.3. The average Bonchev–Trinajstić information content (AvgIpc) is 3.18. The summed E-state index contributed by atoms with van der Waals surface area (Å²) in [6, 6.07) is 27.9. The maximum Gasteiger partial charge on any atom is 0.255 e. The molecule has 40 heavy (non-hydrogen) atoms. The van der Waals surface area contributed by atoms with Crippen LogP contribution >= 0.6 is 11.6 Å². The van der Waals surface area contributed by atoms with Crippen LogP contribution < -0.4 is 15.0 Å². The van der Waals surface area contributed by atoms with E-state index in [1.54, 1.807) is 42.5 Å². The number of ether oxygens (including phenoxy) is 1. The molecule has 2 bridgehead atoms. The largest absolute Gasteiger partial charge is 0.495 e. The molecule has 3 amide bonds.